The van der Waals surface area contributed by atoms with E-state index in [-0.39, 0.29) is 11.7 Å². The molecule has 2 rings (SSSR count). The molecule has 0 aliphatic rings. The summed E-state index contributed by atoms with van der Waals surface area (Å²) in [6.45, 7) is 3.75. The SMILES string of the molecule is COc1cc(C=NNC(=O)C(C)Nc2cccc(C)c2)ccc1O. The van der Waals surface area contributed by atoms with Crippen LogP contribution in [0.15, 0.2) is 47.6 Å². The van der Waals surface area contributed by atoms with E-state index in [9.17, 15) is 9.90 Å². The van der Waals surface area contributed by atoms with Crippen LogP contribution in [0.25, 0.3) is 0 Å². The van der Waals surface area contributed by atoms with Crippen molar-refractivity contribution in [3.8, 4) is 11.5 Å². The van der Waals surface area contributed by atoms with Crippen LogP contribution in [-0.2, 0) is 4.79 Å². The molecular weight excluding hydrogens is 306 g/mol. The van der Waals surface area contributed by atoms with Crippen molar-refractivity contribution in [3.63, 3.8) is 0 Å². The highest BCUT2D eigenvalue weighted by atomic mass is 16.5. The second-order valence-electron chi connectivity index (χ2n) is 5.40. The number of aryl methyl sites for hydroxylation is 1. The van der Waals surface area contributed by atoms with Gasteiger partial charge in [-0.05, 0) is 55.3 Å². The number of carbonyl (C=O) groups excluding carboxylic acids is 1. The minimum Gasteiger partial charge on any atom is -0.504 e. The summed E-state index contributed by atoms with van der Waals surface area (Å²) in [5.41, 5.74) is 5.18. The number of hydrazone groups is 1. The molecule has 6 nitrogen and oxygen atoms in total. The number of benzene rings is 2. The van der Waals surface area contributed by atoms with Gasteiger partial charge in [0.05, 0.1) is 13.3 Å². The number of phenolic OH excluding ortho intramolecular Hbond substituents is 1. The number of rotatable bonds is 6. The largest absolute Gasteiger partial charge is 0.504 e. The van der Waals surface area contributed by atoms with Crippen molar-refractivity contribution in [1.29, 1.82) is 0 Å². The number of aromatic hydroxyl groups is 1. The molecule has 2 aromatic carbocycles. The molecule has 0 spiro atoms. The van der Waals surface area contributed by atoms with Gasteiger partial charge in [0.1, 0.15) is 6.04 Å². The Hall–Kier alpha value is -3.02. The van der Waals surface area contributed by atoms with E-state index in [1.54, 1.807) is 19.1 Å². The molecule has 126 valence electrons. The number of nitrogens with zero attached hydrogens (tertiary/aromatic N) is 1. The van der Waals surface area contributed by atoms with Crippen molar-refractivity contribution in [2.75, 3.05) is 12.4 Å². The Morgan fingerprint density at radius 1 is 1.29 bits per heavy atom. The number of methoxy groups -OCH3 is 1. The van der Waals surface area contributed by atoms with Crippen LogP contribution < -0.4 is 15.5 Å². The third kappa shape index (κ3) is 4.74. The van der Waals surface area contributed by atoms with E-state index in [1.165, 1.54) is 19.4 Å². The number of amides is 1. The highest BCUT2D eigenvalue weighted by Gasteiger charge is 2.11. The monoisotopic (exact) mass is 327 g/mol. The maximum absolute atomic E-state index is 12.0. The van der Waals surface area contributed by atoms with Gasteiger partial charge in [0.25, 0.3) is 5.91 Å². The average molecular weight is 327 g/mol. The number of carbonyl (C=O) groups is 1. The molecule has 0 saturated carbocycles. The van der Waals surface area contributed by atoms with Gasteiger partial charge in [0.15, 0.2) is 11.5 Å². The molecule has 0 aliphatic heterocycles. The van der Waals surface area contributed by atoms with Crippen molar-refractivity contribution < 1.29 is 14.6 Å². The van der Waals surface area contributed by atoms with Gasteiger partial charge in [-0.2, -0.15) is 5.10 Å². The van der Waals surface area contributed by atoms with Crippen molar-refractivity contribution in [2.45, 2.75) is 19.9 Å². The number of phenols is 1. The minimum absolute atomic E-state index is 0.0506. The first kappa shape index (κ1) is 17.3. The van der Waals surface area contributed by atoms with E-state index in [4.69, 9.17) is 4.74 Å². The fourth-order valence-electron chi connectivity index (χ4n) is 2.09. The third-order valence-electron chi connectivity index (χ3n) is 3.39. The van der Waals surface area contributed by atoms with Crippen molar-refractivity contribution in [1.82, 2.24) is 5.43 Å². The van der Waals surface area contributed by atoms with Gasteiger partial charge in [-0.1, -0.05) is 12.1 Å². The molecule has 24 heavy (non-hydrogen) atoms. The van der Waals surface area contributed by atoms with Gasteiger partial charge in [-0.25, -0.2) is 5.43 Å². The molecule has 1 amide bonds. The summed E-state index contributed by atoms with van der Waals surface area (Å²) in [7, 11) is 1.47. The van der Waals surface area contributed by atoms with Crippen molar-refractivity contribution >= 4 is 17.8 Å². The van der Waals surface area contributed by atoms with Crippen LogP contribution in [0.1, 0.15) is 18.1 Å². The Labute approximate surface area is 141 Å². The molecule has 1 unspecified atom stereocenters. The second kappa shape index (κ2) is 8.01. The van der Waals surface area contributed by atoms with E-state index in [1.807, 2.05) is 31.2 Å². The molecule has 0 heterocycles. The molecule has 0 aliphatic carbocycles. The van der Waals surface area contributed by atoms with Crippen LogP contribution in [0.5, 0.6) is 11.5 Å². The lowest BCUT2D eigenvalue weighted by Gasteiger charge is -2.13. The van der Waals surface area contributed by atoms with Gasteiger partial charge in [-0.3, -0.25) is 4.79 Å². The van der Waals surface area contributed by atoms with E-state index in [2.05, 4.69) is 15.8 Å². The summed E-state index contributed by atoms with van der Waals surface area (Å²) < 4.78 is 5.02. The zero-order valence-corrected chi connectivity index (χ0v) is 13.9. The average Bonchev–Trinajstić information content (AvgIpc) is 2.56. The summed E-state index contributed by atoms with van der Waals surface area (Å²) >= 11 is 0. The number of anilines is 1. The lowest BCUT2D eigenvalue weighted by atomic mass is 10.2. The Kier molecular flexibility index (Phi) is 5.78. The zero-order valence-electron chi connectivity index (χ0n) is 13.9. The first-order chi connectivity index (χ1) is 11.5. The number of ether oxygens (including phenoxy) is 1. The van der Waals surface area contributed by atoms with Gasteiger partial charge in [0, 0.05) is 5.69 Å². The summed E-state index contributed by atoms with van der Waals surface area (Å²) in [6, 6.07) is 12.2. The maximum atomic E-state index is 12.0. The number of hydrogen-bond acceptors (Lipinski definition) is 5. The van der Waals surface area contributed by atoms with Crippen LogP contribution in [0.2, 0.25) is 0 Å². The summed E-state index contributed by atoms with van der Waals surface area (Å²) in [5.74, 6) is 0.146. The van der Waals surface area contributed by atoms with Crippen LogP contribution >= 0.6 is 0 Å². The highest BCUT2D eigenvalue weighted by molar-refractivity contribution is 5.86. The van der Waals surface area contributed by atoms with Crippen LogP contribution in [0, 0.1) is 6.92 Å². The third-order valence-corrected chi connectivity index (χ3v) is 3.39. The quantitative estimate of drug-likeness (QED) is 0.563. The van der Waals surface area contributed by atoms with Crippen LogP contribution in [0.4, 0.5) is 5.69 Å². The molecule has 3 N–H and O–H groups in total. The molecule has 0 saturated heterocycles. The van der Waals surface area contributed by atoms with E-state index in [0.29, 0.717) is 11.3 Å². The first-order valence-electron chi connectivity index (χ1n) is 7.52. The lowest BCUT2D eigenvalue weighted by molar-refractivity contribution is -0.121. The Morgan fingerprint density at radius 2 is 2.08 bits per heavy atom. The molecule has 0 aromatic heterocycles. The molecule has 0 bridgehead atoms. The second-order valence-corrected chi connectivity index (χ2v) is 5.40. The van der Waals surface area contributed by atoms with Gasteiger partial charge < -0.3 is 15.2 Å². The lowest BCUT2D eigenvalue weighted by Crippen LogP contribution is -2.34. The molecule has 1 atom stereocenters. The first-order valence-corrected chi connectivity index (χ1v) is 7.52. The van der Waals surface area contributed by atoms with Crippen molar-refractivity contribution in [2.24, 2.45) is 5.10 Å². The molecule has 0 radical (unpaired) electrons. The summed E-state index contributed by atoms with van der Waals surface area (Å²) in [5, 5.41) is 16.6. The molecule has 0 fully saturated rings. The predicted octanol–water partition coefficient (Wildman–Crippen LogP) is 2.66. The van der Waals surface area contributed by atoms with E-state index in [0.717, 1.165) is 11.3 Å². The molecule has 6 heteroatoms. The summed E-state index contributed by atoms with van der Waals surface area (Å²) in [4.78, 5) is 12.0. The van der Waals surface area contributed by atoms with E-state index < -0.39 is 6.04 Å². The fraction of sp³-hybridized carbons (Fsp3) is 0.222. The highest BCUT2D eigenvalue weighted by Crippen LogP contribution is 2.25. The van der Waals surface area contributed by atoms with Gasteiger partial charge >= 0.3 is 0 Å². The minimum atomic E-state index is -0.432. The topological polar surface area (TPSA) is 83.0 Å². The smallest absolute Gasteiger partial charge is 0.262 e. The Bertz CT molecular complexity index is 744. The Balaban J connectivity index is 1.92. The standard InChI is InChI=1S/C18H21N3O3/c1-12-5-4-6-15(9-12)20-13(2)18(23)21-19-11-14-7-8-16(22)17(10-14)24-3/h4-11,13,20,22H,1-3H3,(H,21,23). The number of hydrogen-bond donors (Lipinski definition) is 3. The fourth-order valence-corrected chi connectivity index (χ4v) is 2.09. The molecule has 2 aromatic rings. The van der Waals surface area contributed by atoms with Crippen LogP contribution in [-0.4, -0.2) is 30.4 Å². The summed E-state index contributed by atoms with van der Waals surface area (Å²) in [6.07, 6.45) is 1.49. The normalized spacial score (nSPS) is 12.0. The van der Waals surface area contributed by atoms with Crippen molar-refractivity contribution in [3.05, 3.63) is 53.6 Å². The van der Waals surface area contributed by atoms with Gasteiger partial charge in [0.2, 0.25) is 0 Å². The van der Waals surface area contributed by atoms with E-state index >= 15 is 0 Å². The van der Waals surface area contributed by atoms with Gasteiger partial charge in [-0.15, -0.1) is 0 Å². The predicted molar refractivity (Wildman–Crippen MR) is 94.7 cm³/mol. The maximum Gasteiger partial charge on any atom is 0.262 e. The molecular formula is C18H21N3O3. The Morgan fingerprint density at radius 3 is 2.79 bits per heavy atom. The van der Waals surface area contributed by atoms with Crippen LogP contribution in [0.3, 0.4) is 0 Å². The number of nitrogens with one attached hydrogen (secondary N) is 2. The zero-order chi connectivity index (χ0) is 17.5.